The van der Waals surface area contributed by atoms with Crippen LogP contribution in [0.1, 0.15) is 92.4 Å². The topological polar surface area (TPSA) is 295 Å². The smallest absolute Gasteiger partial charge is 0.187 e. The summed E-state index contributed by atoms with van der Waals surface area (Å²) >= 11 is 0. The monoisotopic (exact) mass is 902 g/mol. The Morgan fingerprint density at radius 2 is 1.40 bits per heavy atom. The molecule has 6 fully saturated rings. The molecule has 18 heteroatoms. The molecule has 1 unspecified atom stereocenters. The average Bonchev–Trinajstić information content (AvgIpc) is 3.54. The lowest BCUT2D eigenvalue weighted by Crippen LogP contribution is -2.64. The summed E-state index contributed by atoms with van der Waals surface area (Å²) in [6.45, 7) is 8.90. The lowest BCUT2D eigenvalue weighted by Gasteiger charge is -2.58. The number of allylic oxidation sites excluding steroid dienone is 1. The van der Waals surface area contributed by atoms with Crippen LogP contribution in [0.15, 0.2) is 11.6 Å². The minimum absolute atomic E-state index is 0.0824. The molecule has 11 N–H and O–H groups in total. The van der Waals surface area contributed by atoms with Crippen LogP contribution in [0.4, 0.5) is 0 Å². The Morgan fingerprint density at radius 3 is 2.10 bits per heavy atom. The van der Waals surface area contributed by atoms with Gasteiger partial charge in [-0.15, -0.1) is 0 Å². The number of ether oxygens (including phenoxy) is 6. The van der Waals surface area contributed by atoms with Gasteiger partial charge >= 0.3 is 0 Å². The van der Waals surface area contributed by atoms with Crippen molar-refractivity contribution in [2.24, 2.45) is 46.3 Å². The number of rotatable bonds is 14. The van der Waals surface area contributed by atoms with E-state index in [-0.39, 0.29) is 59.4 Å². The molecule has 0 radical (unpaired) electrons. The third kappa shape index (κ3) is 9.34. The van der Waals surface area contributed by atoms with E-state index in [0.29, 0.717) is 37.5 Å². The highest BCUT2D eigenvalue weighted by atomic mass is 16.7. The molecule has 3 saturated heterocycles. The van der Waals surface area contributed by atoms with Crippen LogP contribution in [-0.4, -0.2) is 186 Å². The summed E-state index contributed by atoms with van der Waals surface area (Å²) in [5.74, 6) is 0.367. The van der Waals surface area contributed by atoms with Gasteiger partial charge in [0, 0.05) is 12.3 Å². The predicted molar refractivity (Wildman–Crippen MR) is 219 cm³/mol. The van der Waals surface area contributed by atoms with E-state index in [1.807, 2.05) is 13.8 Å². The zero-order valence-corrected chi connectivity index (χ0v) is 37.1. The van der Waals surface area contributed by atoms with E-state index in [2.05, 4.69) is 19.9 Å². The van der Waals surface area contributed by atoms with Gasteiger partial charge in [-0.2, -0.15) is 0 Å². The number of carbonyl (C=O) groups is 1. The second kappa shape index (κ2) is 19.8. The lowest BCUT2D eigenvalue weighted by atomic mass is 9.47. The number of aliphatic hydroxyl groups excluding tert-OH is 11. The van der Waals surface area contributed by atoms with Crippen LogP contribution in [0, 0.1) is 46.3 Å². The molecule has 25 atom stereocenters. The summed E-state index contributed by atoms with van der Waals surface area (Å²) in [6.07, 6.45) is -13.2. The number of hydrogen-bond donors (Lipinski definition) is 11. The molecule has 63 heavy (non-hydrogen) atoms. The van der Waals surface area contributed by atoms with Gasteiger partial charge in [0.25, 0.3) is 0 Å². The molecule has 4 aliphatic carbocycles. The molecule has 18 nitrogen and oxygen atoms in total. The molecule has 0 bridgehead atoms. The number of aliphatic hydroxyl groups is 11. The number of fused-ring (bicyclic) bond motifs is 5. The van der Waals surface area contributed by atoms with E-state index in [9.17, 15) is 61.0 Å². The zero-order chi connectivity index (χ0) is 45.9. The maximum absolute atomic E-state index is 13.8. The Balaban J connectivity index is 0.927. The number of ketones is 1. The molecule has 0 aromatic heterocycles. The Kier molecular flexibility index (Phi) is 15.6. The Labute approximate surface area is 369 Å². The van der Waals surface area contributed by atoms with Gasteiger partial charge in [0.05, 0.1) is 38.1 Å². The fourth-order valence-corrected chi connectivity index (χ4v) is 12.9. The van der Waals surface area contributed by atoms with E-state index in [1.165, 1.54) is 12.5 Å². The second-order valence-corrected chi connectivity index (χ2v) is 20.6. The molecule has 0 aromatic rings. The number of carbonyl (C=O) groups excluding carboxylic acids is 1. The third-order valence-electron chi connectivity index (χ3n) is 16.7. The van der Waals surface area contributed by atoms with Crippen molar-refractivity contribution in [2.45, 2.75) is 197 Å². The first-order valence-corrected chi connectivity index (χ1v) is 23.2. The van der Waals surface area contributed by atoms with Crippen molar-refractivity contribution in [3.8, 4) is 0 Å². The molecule has 0 spiro atoms. The molecule has 0 amide bonds. The Hall–Kier alpha value is -1.27. The van der Waals surface area contributed by atoms with Crippen molar-refractivity contribution in [3.05, 3.63) is 11.6 Å². The fraction of sp³-hybridized carbons (Fsp3) is 0.933. The van der Waals surface area contributed by atoms with Gasteiger partial charge in [0.2, 0.25) is 0 Å². The molecular weight excluding hydrogens is 828 g/mol. The van der Waals surface area contributed by atoms with Crippen molar-refractivity contribution >= 4 is 5.78 Å². The summed E-state index contributed by atoms with van der Waals surface area (Å²) in [4.78, 5) is 13.8. The van der Waals surface area contributed by atoms with Crippen LogP contribution in [0.3, 0.4) is 0 Å². The summed E-state index contributed by atoms with van der Waals surface area (Å²) in [5.41, 5.74) is 0.934. The summed E-state index contributed by atoms with van der Waals surface area (Å²) in [7, 11) is 0. The SMILES string of the molecule is CC(CCC(=O)[C@@H](C)[C@H]1[C@H](O)C[C@H]2[C@@H]3CC=C4C[C@@H](O[C@@H]5O[C@H](CO)[C@@H](O[C@@H]6O[C@@H](C)[C@H](O)[C@@H](O)[C@H]6O)[C@H](O)[C@H]5O)CC[C@]4(C)[C@H]3CC[C@]12C)CO[C@@H]1O[C@H](CO)[C@@H](O)[C@H](O)[C@H]1O. The highest BCUT2D eigenvalue weighted by Crippen LogP contribution is 2.67. The molecule has 3 heterocycles. The molecular formula is C45H74O18. The normalized spacial score (nSPS) is 51.0. The summed E-state index contributed by atoms with van der Waals surface area (Å²) in [5, 5.41) is 115. The Bertz CT molecular complexity index is 1580. The van der Waals surface area contributed by atoms with Gasteiger partial charge in [0.15, 0.2) is 18.9 Å². The quantitative estimate of drug-likeness (QED) is 0.0934. The third-order valence-corrected chi connectivity index (χ3v) is 16.7. The largest absolute Gasteiger partial charge is 0.394 e. The summed E-state index contributed by atoms with van der Waals surface area (Å²) < 4.78 is 34.7. The highest BCUT2D eigenvalue weighted by Gasteiger charge is 2.62. The van der Waals surface area contributed by atoms with Gasteiger partial charge in [-0.25, -0.2) is 0 Å². The van der Waals surface area contributed by atoms with Crippen molar-refractivity contribution in [2.75, 3.05) is 19.8 Å². The molecule has 7 aliphatic rings. The van der Waals surface area contributed by atoms with E-state index in [1.54, 1.807) is 0 Å². The first-order valence-electron chi connectivity index (χ1n) is 23.2. The van der Waals surface area contributed by atoms with Gasteiger partial charge in [0.1, 0.15) is 72.9 Å². The molecule has 0 aromatic carbocycles. The van der Waals surface area contributed by atoms with Gasteiger partial charge < -0.3 is 84.6 Å². The first-order chi connectivity index (χ1) is 29.7. The van der Waals surface area contributed by atoms with Gasteiger partial charge in [-0.3, -0.25) is 4.79 Å². The molecule has 362 valence electrons. The second-order valence-electron chi connectivity index (χ2n) is 20.6. The number of Topliss-reactive ketones (excluding diaryl/α,β-unsaturated/α-hetero) is 1. The van der Waals surface area contributed by atoms with E-state index < -0.39 is 111 Å². The number of hydrogen-bond acceptors (Lipinski definition) is 18. The maximum atomic E-state index is 13.8. The van der Waals surface area contributed by atoms with E-state index >= 15 is 0 Å². The van der Waals surface area contributed by atoms with Gasteiger partial charge in [-0.1, -0.05) is 39.3 Å². The van der Waals surface area contributed by atoms with Crippen molar-refractivity contribution in [1.29, 1.82) is 0 Å². The van der Waals surface area contributed by atoms with Gasteiger partial charge in [-0.05, 0) is 98.7 Å². The van der Waals surface area contributed by atoms with Crippen molar-refractivity contribution in [3.63, 3.8) is 0 Å². The lowest BCUT2D eigenvalue weighted by molar-refractivity contribution is -0.360. The molecule has 3 aliphatic heterocycles. The zero-order valence-electron chi connectivity index (χ0n) is 37.1. The average molecular weight is 903 g/mol. The minimum Gasteiger partial charge on any atom is -0.394 e. The van der Waals surface area contributed by atoms with Crippen LogP contribution >= 0.6 is 0 Å². The van der Waals surface area contributed by atoms with Crippen LogP contribution in [0.2, 0.25) is 0 Å². The van der Waals surface area contributed by atoms with E-state index in [4.69, 9.17) is 28.4 Å². The van der Waals surface area contributed by atoms with Crippen LogP contribution < -0.4 is 0 Å². The van der Waals surface area contributed by atoms with Crippen LogP contribution in [0.5, 0.6) is 0 Å². The Morgan fingerprint density at radius 1 is 0.762 bits per heavy atom. The van der Waals surface area contributed by atoms with Crippen molar-refractivity contribution in [1.82, 2.24) is 0 Å². The predicted octanol–water partition coefficient (Wildman–Crippen LogP) is -0.989. The van der Waals surface area contributed by atoms with Crippen LogP contribution in [0.25, 0.3) is 0 Å². The van der Waals surface area contributed by atoms with E-state index in [0.717, 1.165) is 25.7 Å². The fourth-order valence-electron chi connectivity index (χ4n) is 12.9. The first kappa shape index (κ1) is 49.6. The summed E-state index contributed by atoms with van der Waals surface area (Å²) in [6, 6.07) is 0. The van der Waals surface area contributed by atoms with Crippen LogP contribution in [-0.2, 0) is 33.2 Å². The standard InChI is InChI=1S/C45H74O18/c1-19(18-58-41-37(55)35(53)33(51)29(16-46)61-41)6-9-27(48)20(2)31-28(49)15-26-24-8-7-22-14-23(10-12-44(22,4)25(24)11-13-45(26,31)5)60-43-39(57)36(54)40(30(17-47)62-43)63-42-38(56)34(52)32(50)21(3)59-42/h7,19-21,23-26,28-43,46-47,49-57H,6,8-18H2,1-5H3/t19?,20-,21+,23+,24-,25+,26+,28-,29-,30-,31+,32+,33-,34-,35+,36-,37-,38-,39-,40-,41-,42+,43-,44+,45+/m1/s1. The molecule has 7 rings (SSSR count). The van der Waals surface area contributed by atoms with Crippen molar-refractivity contribution < 1.29 is 89.4 Å². The minimum atomic E-state index is -1.66. The maximum Gasteiger partial charge on any atom is 0.187 e. The molecule has 3 saturated carbocycles. The highest BCUT2D eigenvalue weighted by molar-refractivity contribution is 5.81.